The Hall–Kier alpha value is -3.90. The summed E-state index contributed by atoms with van der Waals surface area (Å²) in [6.45, 7) is 4.38. The minimum Gasteiger partial charge on any atom is -0.334 e. The summed E-state index contributed by atoms with van der Waals surface area (Å²) in [6.07, 6.45) is 0. The summed E-state index contributed by atoms with van der Waals surface area (Å²) in [5.41, 5.74) is 5.39. The molecule has 4 aromatic rings. The zero-order chi connectivity index (χ0) is 23.7. The number of hydrogen-bond acceptors (Lipinski definition) is 4. The highest BCUT2D eigenvalue weighted by Crippen LogP contribution is 2.38. The van der Waals surface area contributed by atoms with Crippen LogP contribution in [0, 0.1) is 6.92 Å². The zero-order valence-electron chi connectivity index (χ0n) is 18.8. The zero-order valence-corrected chi connectivity index (χ0v) is 19.6. The Morgan fingerprint density at radius 1 is 1.00 bits per heavy atom. The summed E-state index contributed by atoms with van der Waals surface area (Å²) in [7, 11) is 0. The van der Waals surface area contributed by atoms with Gasteiger partial charge in [-0.15, -0.1) is 0 Å². The topological polar surface area (TPSA) is 71.3 Å². The molecule has 34 heavy (non-hydrogen) atoms. The van der Waals surface area contributed by atoms with Gasteiger partial charge in [0.05, 0.1) is 18.2 Å². The third kappa shape index (κ3) is 4.32. The molecule has 0 saturated carbocycles. The molecule has 0 spiro atoms. The third-order valence-corrected chi connectivity index (χ3v) is 6.16. The molecule has 0 aliphatic carbocycles. The van der Waals surface area contributed by atoms with Crippen LogP contribution in [0.15, 0.2) is 89.1 Å². The molecule has 0 fully saturated rings. The predicted octanol–water partition coefficient (Wildman–Crippen LogP) is 6.40. The van der Waals surface area contributed by atoms with E-state index < -0.39 is 6.04 Å². The molecule has 2 heterocycles. The number of aryl methyl sites for hydroxylation is 1. The number of aromatic nitrogens is 2. The first-order valence-electron chi connectivity index (χ1n) is 11.0. The number of carbonyl (C=O) groups excluding carboxylic acids is 1. The van der Waals surface area contributed by atoms with Gasteiger partial charge in [-0.1, -0.05) is 89.1 Å². The van der Waals surface area contributed by atoms with Crippen LogP contribution >= 0.6 is 11.6 Å². The standard InChI is InChI=1S/C27H23ClN4O2/c1-17-11-13-20(14-12-17)24-23(26-30-25(31-34-26)21-9-6-10-22(28)15-21)18(2)32(27(33)29-24)16-19-7-4-3-5-8-19/h3-15,24H,16H2,1-2H3,(H,29,33). The predicted molar refractivity (Wildman–Crippen MR) is 132 cm³/mol. The van der Waals surface area contributed by atoms with Crippen LogP contribution in [0.5, 0.6) is 0 Å². The lowest BCUT2D eigenvalue weighted by molar-refractivity contribution is 0.203. The molecular formula is C27H23ClN4O2. The summed E-state index contributed by atoms with van der Waals surface area (Å²) < 4.78 is 5.74. The van der Waals surface area contributed by atoms with E-state index in [1.165, 1.54) is 0 Å². The van der Waals surface area contributed by atoms with E-state index >= 15 is 0 Å². The third-order valence-electron chi connectivity index (χ3n) is 5.93. The molecule has 5 rings (SSSR count). The fourth-order valence-electron chi connectivity index (χ4n) is 4.10. The number of halogens is 1. The van der Waals surface area contributed by atoms with E-state index in [1.54, 1.807) is 17.0 Å². The lowest BCUT2D eigenvalue weighted by Gasteiger charge is -2.35. The van der Waals surface area contributed by atoms with Crippen LogP contribution in [0.4, 0.5) is 4.79 Å². The fourth-order valence-corrected chi connectivity index (χ4v) is 4.29. The van der Waals surface area contributed by atoms with Gasteiger partial charge in [-0.05, 0) is 37.1 Å². The first-order valence-corrected chi connectivity index (χ1v) is 11.4. The van der Waals surface area contributed by atoms with E-state index in [-0.39, 0.29) is 6.03 Å². The van der Waals surface area contributed by atoms with Gasteiger partial charge in [0.25, 0.3) is 5.89 Å². The molecular weight excluding hydrogens is 448 g/mol. The van der Waals surface area contributed by atoms with E-state index in [0.29, 0.717) is 23.3 Å². The number of allylic oxidation sites excluding steroid dienone is 1. The van der Waals surface area contributed by atoms with Gasteiger partial charge < -0.3 is 9.84 Å². The largest absolute Gasteiger partial charge is 0.334 e. The Labute approximate surface area is 202 Å². The molecule has 1 atom stereocenters. The summed E-state index contributed by atoms with van der Waals surface area (Å²) in [5.74, 6) is 0.795. The van der Waals surface area contributed by atoms with Crippen LogP contribution in [0.2, 0.25) is 5.02 Å². The maximum atomic E-state index is 13.2. The second kappa shape index (κ2) is 9.15. The van der Waals surface area contributed by atoms with Crippen LogP contribution in [-0.4, -0.2) is 21.1 Å². The Kier molecular flexibility index (Phi) is 5.90. The van der Waals surface area contributed by atoms with Crippen molar-refractivity contribution < 1.29 is 9.32 Å². The van der Waals surface area contributed by atoms with Crippen molar-refractivity contribution in [1.82, 2.24) is 20.4 Å². The molecule has 1 aliphatic rings. The lowest BCUT2D eigenvalue weighted by Crippen LogP contribution is -2.45. The van der Waals surface area contributed by atoms with Gasteiger partial charge in [0.15, 0.2) is 0 Å². The SMILES string of the molecule is CC1=C(c2nc(-c3cccc(Cl)c3)no2)C(c2ccc(C)cc2)NC(=O)N1Cc1ccccc1. The van der Waals surface area contributed by atoms with E-state index in [1.807, 2.05) is 80.6 Å². The molecule has 2 amide bonds. The van der Waals surface area contributed by atoms with Gasteiger partial charge in [-0.3, -0.25) is 4.90 Å². The molecule has 3 aromatic carbocycles. The van der Waals surface area contributed by atoms with Crippen LogP contribution in [-0.2, 0) is 6.54 Å². The molecule has 1 N–H and O–H groups in total. The van der Waals surface area contributed by atoms with Crippen LogP contribution < -0.4 is 5.32 Å². The van der Waals surface area contributed by atoms with Crippen LogP contribution in [0.25, 0.3) is 17.0 Å². The molecule has 1 aliphatic heterocycles. The minimum absolute atomic E-state index is 0.176. The first kappa shape index (κ1) is 21.9. The van der Waals surface area contributed by atoms with Gasteiger partial charge in [-0.2, -0.15) is 4.98 Å². The highest BCUT2D eigenvalue weighted by atomic mass is 35.5. The van der Waals surface area contributed by atoms with Crippen molar-refractivity contribution in [1.29, 1.82) is 0 Å². The van der Waals surface area contributed by atoms with E-state index in [0.717, 1.165) is 33.5 Å². The Balaban J connectivity index is 1.60. The number of urea groups is 1. The van der Waals surface area contributed by atoms with E-state index in [2.05, 4.69) is 15.5 Å². The highest BCUT2D eigenvalue weighted by Gasteiger charge is 2.35. The van der Waals surface area contributed by atoms with Gasteiger partial charge in [-0.25, -0.2) is 4.79 Å². The van der Waals surface area contributed by atoms with Crippen molar-refractivity contribution in [2.24, 2.45) is 0 Å². The quantitative estimate of drug-likeness (QED) is 0.366. The summed E-state index contributed by atoms with van der Waals surface area (Å²) in [5, 5.41) is 7.93. The highest BCUT2D eigenvalue weighted by molar-refractivity contribution is 6.30. The smallest absolute Gasteiger partial charge is 0.322 e. The number of nitrogens with one attached hydrogen (secondary N) is 1. The summed E-state index contributed by atoms with van der Waals surface area (Å²) in [4.78, 5) is 19.6. The summed E-state index contributed by atoms with van der Waals surface area (Å²) in [6, 6.07) is 24.6. The number of hydrogen-bond donors (Lipinski definition) is 1. The Morgan fingerprint density at radius 3 is 2.50 bits per heavy atom. The van der Waals surface area contributed by atoms with Gasteiger partial charge in [0.1, 0.15) is 0 Å². The average molecular weight is 471 g/mol. The number of amides is 2. The van der Waals surface area contributed by atoms with Crippen molar-refractivity contribution in [2.45, 2.75) is 26.4 Å². The monoisotopic (exact) mass is 470 g/mol. The van der Waals surface area contributed by atoms with Gasteiger partial charge >= 0.3 is 6.03 Å². The van der Waals surface area contributed by atoms with E-state index in [9.17, 15) is 4.79 Å². The Morgan fingerprint density at radius 2 is 1.76 bits per heavy atom. The number of nitrogens with zero attached hydrogens (tertiary/aromatic N) is 3. The maximum absolute atomic E-state index is 13.2. The van der Waals surface area contributed by atoms with Crippen molar-refractivity contribution in [3.8, 4) is 11.4 Å². The van der Waals surface area contributed by atoms with Gasteiger partial charge in [0.2, 0.25) is 5.82 Å². The molecule has 0 saturated heterocycles. The van der Waals surface area contributed by atoms with Crippen LogP contribution in [0.3, 0.4) is 0 Å². The normalized spacial score (nSPS) is 16.0. The molecule has 0 bridgehead atoms. The maximum Gasteiger partial charge on any atom is 0.322 e. The second-order valence-electron chi connectivity index (χ2n) is 8.30. The molecule has 6 nitrogen and oxygen atoms in total. The number of rotatable bonds is 5. The molecule has 0 radical (unpaired) electrons. The van der Waals surface area contributed by atoms with Gasteiger partial charge in [0, 0.05) is 16.3 Å². The first-order chi connectivity index (χ1) is 16.5. The van der Waals surface area contributed by atoms with Crippen molar-refractivity contribution in [2.75, 3.05) is 0 Å². The lowest BCUT2D eigenvalue weighted by atomic mass is 9.94. The van der Waals surface area contributed by atoms with E-state index in [4.69, 9.17) is 16.1 Å². The minimum atomic E-state index is -0.423. The van der Waals surface area contributed by atoms with Crippen molar-refractivity contribution >= 4 is 23.2 Å². The van der Waals surface area contributed by atoms with Crippen molar-refractivity contribution in [3.05, 3.63) is 112 Å². The average Bonchev–Trinajstić information content (AvgIpc) is 3.32. The molecule has 1 unspecified atom stereocenters. The molecule has 1 aromatic heterocycles. The number of carbonyl (C=O) groups is 1. The summed E-state index contributed by atoms with van der Waals surface area (Å²) >= 11 is 6.15. The van der Waals surface area contributed by atoms with Crippen LogP contribution in [0.1, 0.15) is 35.5 Å². The molecule has 170 valence electrons. The Bertz CT molecular complexity index is 1360. The fraction of sp³-hybridized carbons (Fsp3) is 0.148. The molecule has 7 heteroatoms. The second-order valence-corrected chi connectivity index (χ2v) is 8.73. The van der Waals surface area contributed by atoms with Crippen molar-refractivity contribution in [3.63, 3.8) is 0 Å². The number of benzene rings is 3.